The van der Waals surface area contributed by atoms with Gasteiger partial charge in [0, 0.05) is 50.6 Å². The summed E-state index contributed by atoms with van der Waals surface area (Å²) in [6, 6.07) is 46.8. The number of pyridine rings is 2. The molecule has 0 N–H and O–H groups in total. The van der Waals surface area contributed by atoms with Gasteiger partial charge < -0.3 is 9.47 Å². The van der Waals surface area contributed by atoms with Crippen LogP contribution in [0.25, 0.3) is 67.5 Å². The van der Waals surface area contributed by atoms with Gasteiger partial charge in [-0.15, -0.1) is 0 Å². The second-order valence-corrected chi connectivity index (χ2v) is 13.5. The predicted molar refractivity (Wildman–Crippen MR) is 214 cm³/mol. The number of hydrogen-bond donors (Lipinski definition) is 0. The quantitative estimate of drug-likeness (QED) is 0.171. The third-order valence-corrected chi connectivity index (χ3v) is 9.67. The molecule has 4 heterocycles. The molecule has 3 aromatic heterocycles. The number of aromatic nitrogens is 5. The summed E-state index contributed by atoms with van der Waals surface area (Å²) in [5.74, 6) is 4.46. The van der Waals surface area contributed by atoms with E-state index >= 15 is 0 Å². The number of hydrogen-bond acceptors (Lipinski definition) is 7. The highest BCUT2D eigenvalue weighted by Gasteiger charge is 2.24. The van der Waals surface area contributed by atoms with Gasteiger partial charge in [0.05, 0.1) is 0 Å². The lowest BCUT2D eigenvalue weighted by atomic mass is 9.92. The highest BCUT2D eigenvalue weighted by Crippen LogP contribution is 2.51. The van der Waals surface area contributed by atoms with Crippen LogP contribution in [0.1, 0.15) is 22.8 Å². The average Bonchev–Trinajstić information content (AvgIpc) is 3.20. The van der Waals surface area contributed by atoms with Crippen molar-refractivity contribution in [3.63, 3.8) is 0 Å². The normalized spacial score (nSPS) is 11.6. The third-order valence-electron chi connectivity index (χ3n) is 9.67. The lowest BCUT2D eigenvalue weighted by Crippen LogP contribution is -2.02. The van der Waals surface area contributed by atoms with Crippen LogP contribution in [0.3, 0.4) is 0 Å². The molecule has 7 nitrogen and oxygen atoms in total. The molecule has 54 heavy (non-hydrogen) atoms. The lowest BCUT2D eigenvalue weighted by molar-refractivity contribution is 0.360. The number of rotatable bonds is 6. The molecular weight excluding hydrogens is 667 g/mol. The third kappa shape index (κ3) is 6.26. The SMILES string of the molecule is Cc1ccc(-c2cc3c(cc2-c2ccc(C)nc2C)Oc2cc(-c4ccc(-c5nc(-c6ccccc6)nc(-c6ccccc6)n5)cc4)ccc2O3)c(C)n1. The summed E-state index contributed by atoms with van der Waals surface area (Å²) >= 11 is 0. The minimum absolute atomic E-state index is 0.610. The van der Waals surface area contributed by atoms with Crippen LogP contribution in [0.2, 0.25) is 0 Å². The minimum atomic E-state index is 0.610. The highest BCUT2D eigenvalue weighted by molar-refractivity contribution is 5.88. The smallest absolute Gasteiger partial charge is 0.170 e. The first kappa shape index (κ1) is 32.9. The molecule has 9 rings (SSSR count). The highest BCUT2D eigenvalue weighted by atomic mass is 16.6. The molecule has 7 heteroatoms. The van der Waals surface area contributed by atoms with E-state index in [1.165, 1.54) is 0 Å². The molecule has 0 amide bonds. The Morgan fingerprint density at radius 1 is 0.315 bits per heavy atom. The van der Waals surface area contributed by atoms with Crippen LogP contribution in [0.4, 0.5) is 0 Å². The van der Waals surface area contributed by atoms with Crippen molar-refractivity contribution in [1.29, 1.82) is 0 Å². The Bertz CT molecular complexity index is 2640. The number of benzene rings is 5. The van der Waals surface area contributed by atoms with Gasteiger partial charge in [0.25, 0.3) is 0 Å². The Morgan fingerprint density at radius 3 is 1.20 bits per heavy atom. The molecule has 0 unspecified atom stereocenters. The molecule has 0 spiro atoms. The van der Waals surface area contributed by atoms with Crippen LogP contribution in [0.15, 0.2) is 140 Å². The lowest BCUT2D eigenvalue weighted by Gasteiger charge is -2.24. The van der Waals surface area contributed by atoms with Crippen LogP contribution in [-0.4, -0.2) is 24.9 Å². The Balaban J connectivity index is 1.06. The Morgan fingerprint density at radius 2 is 0.722 bits per heavy atom. The second kappa shape index (κ2) is 13.5. The maximum Gasteiger partial charge on any atom is 0.170 e. The molecule has 0 fully saturated rings. The molecule has 260 valence electrons. The molecule has 0 aliphatic carbocycles. The first-order chi connectivity index (χ1) is 26.4. The fraction of sp³-hybridized carbons (Fsp3) is 0.0851. The second-order valence-electron chi connectivity index (χ2n) is 13.5. The molecular formula is C47H35N5O2. The van der Waals surface area contributed by atoms with Gasteiger partial charge in [0.2, 0.25) is 0 Å². The number of ether oxygens (including phenoxy) is 2. The van der Waals surface area contributed by atoms with E-state index in [1.807, 2.05) is 125 Å². The Hall–Kier alpha value is -6.99. The summed E-state index contributed by atoms with van der Waals surface area (Å²) < 4.78 is 13.1. The van der Waals surface area contributed by atoms with E-state index in [1.54, 1.807) is 0 Å². The summed E-state index contributed by atoms with van der Waals surface area (Å²) in [6.45, 7) is 8.10. The van der Waals surface area contributed by atoms with Crippen molar-refractivity contribution in [2.45, 2.75) is 27.7 Å². The van der Waals surface area contributed by atoms with Crippen LogP contribution >= 0.6 is 0 Å². The fourth-order valence-electron chi connectivity index (χ4n) is 6.95. The zero-order valence-corrected chi connectivity index (χ0v) is 30.3. The molecule has 0 saturated carbocycles. The van der Waals surface area contributed by atoms with Crippen LogP contribution in [-0.2, 0) is 0 Å². The van der Waals surface area contributed by atoms with Crippen molar-refractivity contribution in [1.82, 2.24) is 24.9 Å². The van der Waals surface area contributed by atoms with Crippen molar-refractivity contribution in [3.05, 3.63) is 162 Å². The maximum atomic E-state index is 6.62. The van der Waals surface area contributed by atoms with Gasteiger partial charge in [-0.05, 0) is 86.3 Å². The van der Waals surface area contributed by atoms with E-state index in [2.05, 4.69) is 42.5 Å². The first-order valence-electron chi connectivity index (χ1n) is 17.9. The van der Waals surface area contributed by atoms with Gasteiger partial charge in [-0.1, -0.05) is 103 Å². The summed E-state index contributed by atoms with van der Waals surface area (Å²) in [4.78, 5) is 24.1. The van der Waals surface area contributed by atoms with Crippen molar-refractivity contribution < 1.29 is 9.47 Å². The Kier molecular flexibility index (Phi) is 8.24. The van der Waals surface area contributed by atoms with Gasteiger partial charge in [-0.25, -0.2) is 15.0 Å². The zero-order valence-electron chi connectivity index (χ0n) is 30.3. The van der Waals surface area contributed by atoms with E-state index in [9.17, 15) is 0 Å². The molecule has 0 saturated heterocycles. The molecule has 0 atom stereocenters. The number of aryl methyl sites for hydroxylation is 4. The number of fused-ring (bicyclic) bond motifs is 2. The van der Waals surface area contributed by atoms with Crippen molar-refractivity contribution in [3.8, 4) is 90.5 Å². The van der Waals surface area contributed by atoms with E-state index in [0.29, 0.717) is 40.5 Å². The molecule has 8 aromatic rings. The maximum absolute atomic E-state index is 6.62. The van der Waals surface area contributed by atoms with Crippen LogP contribution < -0.4 is 9.47 Å². The predicted octanol–water partition coefficient (Wildman–Crippen LogP) is 11.8. The van der Waals surface area contributed by atoms with Crippen LogP contribution in [0, 0.1) is 27.7 Å². The molecule has 1 aliphatic rings. The van der Waals surface area contributed by atoms with Crippen molar-refractivity contribution >= 4 is 0 Å². The summed E-state index contributed by atoms with van der Waals surface area (Å²) in [7, 11) is 0. The largest absolute Gasteiger partial charge is 0.449 e. The Labute approximate surface area is 314 Å². The average molecular weight is 702 g/mol. The van der Waals surface area contributed by atoms with E-state index in [0.717, 1.165) is 72.8 Å². The van der Waals surface area contributed by atoms with E-state index in [4.69, 9.17) is 34.4 Å². The zero-order chi connectivity index (χ0) is 36.8. The van der Waals surface area contributed by atoms with Gasteiger partial charge >= 0.3 is 0 Å². The van der Waals surface area contributed by atoms with Gasteiger partial charge in [0.15, 0.2) is 40.5 Å². The van der Waals surface area contributed by atoms with E-state index in [-0.39, 0.29) is 0 Å². The topological polar surface area (TPSA) is 82.9 Å². The molecule has 5 aromatic carbocycles. The standard InChI is InChI=1S/C47H35N5O2/c1-28-15-22-37(30(3)48-28)39-26-43-44(27-40(39)38-23-16-29(2)49-31(38)4)54-42-25-36(21-24-41(42)53-43)32-17-19-35(20-18-32)47-51-45(33-11-7-5-8-12-33)50-46(52-47)34-13-9-6-10-14-34/h5-27H,1-4H3. The number of nitrogens with zero attached hydrogens (tertiary/aromatic N) is 5. The van der Waals surface area contributed by atoms with Gasteiger partial charge in [-0.2, -0.15) is 0 Å². The monoisotopic (exact) mass is 701 g/mol. The molecule has 1 aliphatic heterocycles. The van der Waals surface area contributed by atoms with Crippen molar-refractivity contribution in [2.24, 2.45) is 0 Å². The van der Waals surface area contributed by atoms with Gasteiger partial charge in [-0.3, -0.25) is 9.97 Å². The summed E-state index contributed by atoms with van der Waals surface area (Å²) in [5.41, 5.74) is 12.7. The summed E-state index contributed by atoms with van der Waals surface area (Å²) in [6.07, 6.45) is 0. The molecule has 0 bridgehead atoms. The van der Waals surface area contributed by atoms with Gasteiger partial charge in [0.1, 0.15) is 0 Å². The van der Waals surface area contributed by atoms with E-state index < -0.39 is 0 Å². The van der Waals surface area contributed by atoms with Crippen molar-refractivity contribution in [2.75, 3.05) is 0 Å². The summed E-state index contributed by atoms with van der Waals surface area (Å²) in [5, 5.41) is 0. The molecule has 0 radical (unpaired) electrons. The first-order valence-corrected chi connectivity index (χ1v) is 17.9. The van der Waals surface area contributed by atoms with Crippen LogP contribution in [0.5, 0.6) is 23.0 Å². The fourth-order valence-corrected chi connectivity index (χ4v) is 6.95. The minimum Gasteiger partial charge on any atom is -0.449 e.